The molecule has 4 rings (SSSR count). The molecule has 0 saturated heterocycles. The average molecular weight is 434 g/mol. The first kappa shape index (κ1) is 19.4. The van der Waals surface area contributed by atoms with E-state index in [1.165, 1.54) is 10.4 Å². The van der Waals surface area contributed by atoms with Crippen LogP contribution in [0.3, 0.4) is 0 Å². The van der Waals surface area contributed by atoms with Gasteiger partial charge in [0.2, 0.25) is 15.8 Å². The van der Waals surface area contributed by atoms with Crippen molar-refractivity contribution in [3.8, 4) is 11.4 Å². The number of anilines is 1. The quantitative estimate of drug-likeness (QED) is 0.569. The zero-order valence-electron chi connectivity index (χ0n) is 15.3. The Morgan fingerprint density at radius 1 is 1.24 bits per heavy atom. The molecule has 0 atom stereocenters. The number of aromatic nitrogens is 2. The van der Waals surface area contributed by atoms with Crippen LogP contribution in [0.1, 0.15) is 21.8 Å². The van der Waals surface area contributed by atoms with Gasteiger partial charge in [-0.1, -0.05) is 16.8 Å². The molecule has 0 aliphatic carbocycles. The summed E-state index contributed by atoms with van der Waals surface area (Å²) < 4.78 is 35.3. The van der Waals surface area contributed by atoms with E-state index in [1.807, 2.05) is 0 Å². The van der Waals surface area contributed by atoms with Crippen molar-refractivity contribution in [1.29, 1.82) is 0 Å². The van der Waals surface area contributed by atoms with Gasteiger partial charge >= 0.3 is 5.97 Å². The molecule has 29 heavy (non-hydrogen) atoms. The molecule has 3 aromatic rings. The van der Waals surface area contributed by atoms with Crippen LogP contribution in [0.4, 0.5) is 5.69 Å². The Morgan fingerprint density at radius 2 is 2.00 bits per heavy atom. The SMILES string of the molecule is CS(=O)(=O)N1CCc2cc(C(=O)OCc3nc(-c4ccc(Cl)cc4)no3)ccc21. The summed E-state index contributed by atoms with van der Waals surface area (Å²) in [7, 11) is -3.34. The zero-order chi connectivity index (χ0) is 20.6. The van der Waals surface area contributed by atoms with Gasteiger partial charge in [0, 0.05) is 17.1 Å². The van der Waals surface area contributed by atoms with Crippen molar-refractivity contribution in [2.45, 2.75) is 13.0 Å². The molecule has 0 N–H and O–H groups in total. The van der Waals surface area contributed by atoms with Crippen LogP contribution in [0.2, 0.25) is 5.02 Å². The fourth-order valence-electron chi connectivity index (χ4n) is 3.08. The van der Waals surface area contributed by atoms with Gasteiger partial charge < -0.3 is 9.26 Å². The number of rotatable bonds is 5. The summed E-state index contributed by atoms with van der Waals surface area (Å²) >= 11 is 5.86. The number of carbonyl (C=O) groups excluding carboxylic acids is 1. The van der Waals surface area contributed by atoms with Gasteiger partial charge in [-0.25, -0.2) is 13.2 Å². The first-order chi connectivity index (χ1) is 13.8. The lowest BCUT2D eigenvalue weighted by Gasteiger charge is -2.16. The number of carbonyl (C=O) groups is 1. The monoisotopic (exact) mass is 433 g/mol. The highest BCUT2D eigenvalue weighted by Gasteiger charge is 2.27. The Balaban J connectivity index is 1.43. The fourth-order valence-corrected chi connectivity index (χ4v) is 4.17. The van der Waals surface area contributed by atoms with E-state index in [2.05, 4.69) is 10.1 Å². The number of hydrogen-bond donors (Lipinski definition) is 0. The van der Waals surface area contributed by atoms with Gasteiger partial charge in [-0.2, -0.15) is 4.98 Å². The van der Waals surface area contributed by atoms with Gasteiger partial charge in [0.1, 0.15) is 0 Å². The summed E-state index contributed by atoms with van der Waals surface area (Å²) in [5.74, 6) is -0.0318. The Bertz CT molecular complexity index is 1170. The van der Waals surface area contributed by atoms with Gasteiger partial charge in [0.05, 0.1) is 17.5 Å². The summed E-state index contributed by atoms with van der Waals surface area (Å²) in [6.45, 7) is 0.189. The maximum Gasteiger partial charge on any atom is 0.338 e. The number of sulfonamides is 1. The molecule has 0 saturated carbocycles. The van der Waals surface area contributed by atoms with Crippen LogP contribution in [0.5, 0.6) is 0 Å². The first-order valence-corrected chi connectivity index (χ1v) is 10.9. The third kappa shape index (κ3) is 4.10. The van der Waals surface area contributed by atoms with Crippen LogP contribution in [-0.4, -0.2) is 37.3 Å². The van der Waals surface area contributed by atoms with E-state index in [0.29, 0.717) is 35.1 Å². The number of benzene rings is 2. The van der Waals surface area contributed by atoms with Gasteiger partial charge in [-0.15, -0.1) is 0 Å². The zero-order valence-corrected chi connectivity index (χ0v) is 16.9. The molecule has 1 aliphatic rings. The molecule has 1 aliphatic heterocycles. The molecule has 0 amide bonds. The van der Waals surface area contributed by atoms with Crippen molar-refractivity contribution in [1.82, 2.24) is 10.1 Å². The minimum atomic E-state index is -3.34. The predicted molar refractivity (Wildman–Crippen MR) is 106 cm³/mol. The van der Waals surface area contributed by atoms with Crippen molar-refractivity contribution in [2.24, 2.45) is 0 Å². The number of hydrogen-bond acceptors (Lipinski definition) is 7. The standard InChI is InChI=1S/C19H16ClN3O5S/c1-29(25,26)23-9-8-13-10-14(4-7-16(13)23)19(24)27-11-17-21-18(22-28-17)12-2-5-15(20)6-3-12/h2-7,10H,8-9,11H2,1H3. The van der Waals surface area contributed by atoms with Crippen LogP contribution in [0.25, 0.3) is 11.4 Å². The lowest BCUT2D eigenvalue weighted by molar-refractivity contribution is 0.0429. The predicted octanol–water partition coefficient (Wildman–Crippen LogP) is 3.07. The highest BCUT2D eigenvalue weighted by atomic mass is 35.5. The molecular weight excluding hydrogens is 418 g/mol. The van der Waals surface area contributed by atoms with Gasteiger partial charge in [-0.3, -0.25) is 4.31 Å². The Hall–Kier alpha value is -2.91. The molecule has 1 aromatic heterocycles. The topological polar surface area (TPSA) is 103 Å². The van der Waals surface area contributed by atoms with E-state index in [-0.39, 0.29) is 12.5 Å². The minimum absolute atomic E-state index is 0.160. The maximum atomic E-state index is 12.4. The molecule has 8 nitrogen and oxygen atoms in total. The molecule has 0 spiro atoms. The molecular formula is C19H16ClN3O5S. The summed E-state index contributed by atoms with van der Waals surface area (Å²) in [5.41, 5.74) is 2.43. The van der Waals surface area contributed by atoms with E-state index in [4.69, 9.17) is 20.9 Å². The fraction of sp³-hybridized carbons (Fsp3) is 0.211. The van der Waals surface area contributed by atoms with Crippen LogP contribution >= 0.6 is 11.6 Å². The number of fused-ring (bicyclic) bond motifs is 1. The molecule has 150 valence electrons. The molecule has 0 bridgehead atoms. The number of ether oxygens (including phenoxy) is 1. The van der Waals surface area contributed by atoms with E-state index in [0.717, 1.165) is 17.4 Å². The number of halogens is 1. The molecule has 2 heterocycles. The van der Waals surface area contributed by atoms with Crippen molar-refractivity contribution in [3.63, 3.8) is 0 Å². The van der Waals surface area contributed by atoms with E-state index in [9.17, 15) is 13.2 Å². The lowest BCUT2D eigenvalue weighted by Crippen LogP contribution is -2.27. The maximum absolute atomic E-state index is 12.4. The molecule has 0 unspecified atom stereocenters. The summed E-state index contributed by atoms with van der Waals surface area (Å²) in [6.07, 6.45) is 1.70. The van der Waals surface area contributed by atoms with Crippen molar-refractivity contribution in [3.05, 3.63) is 64.5 Å². The van der Waals surface area contributed by atoms with Crippen molar-refractivity contribution in [2.75, 3.05) is 17.1 Å². The third-order valence-corrected chi connectivity index (χ3v) is 5.90. The van der Waals surface area contributed by atoms with Crippen LogP contribution in [0.15, 0.2) is 47.0 Å². The molecule has 0 radical (unpaired) electrons. The summed E-state index contributed by atoms with van der Waals surface area (Å²) in [5, 5.41) is 4.46. The van der Waals surface area contributed by atoms with Crippen LogP contribution in [-0.2, 0) is 27.8 Å². The Labute approximate surface area is 172 Å². The van der Waals surface area contributed by atoms with Crippen LogP contribution in [0, 0.1) is 0 Å². The van der Waals surface area contributed by atoms with E-state index >= 15 is 0 Å². The smallest absolute Gasteiger partial charge is 0.338 e. The highest BCUT2D eigenvalue weighted by molar-refractivity contribution is 7.92. The van der Waals surface area contributed by atoms with E-state index in [1.54, 1.807) is 36.4 Å². The molecule has 10 heteroatoms. The third-order valence-electron chi connectivity index (χ3n) is 4.47. The van der Waals surface area contributed by atoms with Crippen molar-refractivity contribution >= 4 is 33.3 Å². The average Bonchev–Trinajstić information content (AvgIpc) is 3.33. The second-order valence-corrected chi connectivity index (χ2v) is 8.87. The van der Waals surface area contributed by atoms with Gasteiger partial charge in [0.25, 0.3) is 5.89 Å². The summed E-state index contributed by atoms with van der Waals surface area (Å²) in [6, 6.07) is 11.7. The highest BCUT2D eigenvalue weighted by Crippen LogP contribution is 2.31. The van der Waals surface area contributed by atoms with Crippen molar-refractivity contribution < 1.29 is 22.5 Å². The summed E-state index contributed by atoms with van der Waals surface area (Å²) in [4.78, 5) is 16.6. The normalized spacial score (nSPS) is 13.4. The van der Waals surface area contributed by atoms with E-state index < -0.39 is 16.0 Å². The van der Waals surface area contributed by atoms with Gasteiger partial charge in [-0.05, 0) is 54.4 Å². The van der Waals surface area contributed by atoms with Gasteiger partial charge in [0.15, 0.2) is 6.61 Å². The lowest BCUT2D eigenvalue weighted by atomic mass is 10.1. The number of nitrogens with zero attached hydrogens (tertiary/aromatic N) is 3. The number of esters is 1. The molecule has 2 aromatic carbocycles. The largest absolute Gasteiger partial charge is 0.452 e. The van der Waals surface area contributed by atoms with Crippen LogP contribution < -0.4 is 4.31 Å². The second-order valence-electron chi connectivity index (χ2n) is 6.52. The molecule has 0 fully saturated rings. The second kappa shape index (κ2) is 7.49. The first-order valence-electron chi connectivity index (χ1n) is 8.67. The Morgan fingerprint density at radius 3 is 2.72 bits per heavy atom. The Kier molecular flexibility index (Phi) is 5.01. The minimum Gasteiger partial charge on any atom is -0.452 e.